The average Bonchev–Trinajstić information content (AvgIpc) is 3.15. The van der Waals surface area contributed by atoms with Gasteiger partial charge in [-0.05, 0) is 30.4 Å². The predicted molar refractivity (Wildman–Crippen MR) is 106 cm³/mol. The van der Waals surface area contributed by atoms with Crippen molar-refractivity contribution >= 4 is 30.7 Å². The molecule has 2 aliphatic heterocycles. The van der Waals surface area contributed by atoms with Crippen molar-refractivity contribution in [2.24, 2.45) is 0 Å². The molecule has 1 aliphatic carbocycles. The predicted octanol–water partition coefficient (Wildman–Crippen LogP) is 2.63. The number of rotatable bonds is 2. The smallest absolute Gasteiger partial charge is 0.240 e. The van der Waals surface area contributed by atoms with Gasteiger partial charge in [-0.3, -0.25) is 9.69 Å². The van der Waals surface area contributed by atoms with Crippen LogP contribution < -0.4 is 5.32 Å². The fourth-order valence-corrected chi connectivity index (χ4v) is 4.43. The van der Waals surface area contributed by atoms with Crippen LogP contribution in [0, 0.1) is 0 Å². The number of hydrogen-bond donors (Lipinski definition) is 1. The first-order chi connectivity index (χ1) is 11.3. The summed E-state index contributed by atoms with van der Waals surface area (Å²) in [5.74, 6) is 0.297. The number of piperazine rings is 1. The second-order valence-electron chi connectivity index (χ2n) is 7.21. The average molecular weight is 386 g/mol. The van der Waals surface area contributed by atoms with Crippen LogP contribution in [0.25, 0.3) is 0 Å². The summed E-state index contributed by atoms with van der Waals surface area (Å²) in [6, 6.07) is 9.21. The van der Waals surface area contributed by atoms with Gasteiger partial charge >= 0.3 is 0 Å². The van der Waals surface area contributed by atoms with E-state index in [2.05, 4.69) is 39.4 Å². The highest BCUT2D eigenvalue weighted by Gasteiger charge is 2.32. The van der Waals surface area contributed by atoms with Crippen LogP contribution in [0.15, 0.2) is 24.3 Å². The summed E-state index contributed by atoms with van der Waals surface area (Å²) in [7, 11) is 0. The largest absolute Gasteiger partial charge is 0.339 e. The maximum Gasteiger partial charge on any atom is 0.240 e. The van der Waals surface area contributed by atoms with Gasteiger partial charge in [0, 0.05) is 38.8 Å². The van der Waals surface area contributed by atoms with Gasteiger partial charge in [0.25, 0.3) is 0 Å². The Labute approximate surface area is 163 Å². The van der Waals surface area contributed by atoms with Gasteiger partial charge < -0.3 is 10.2 Å². The number of amides is 1. The van der Waals surface area contributed by atoms with Crippen LogP contribution in [0.2, 0.25) is 0 Å². The monoisotopic (exact) mass is 385 g/mol. The first-order valence-electron chi connectivity index (χ1n) is 9.14. The van der Waals surface area contributed by atoms with Crippen molar-refractivity contribution in [3.63, 3.8) is 0 Å². The third-order valence-corrected chi connectivity index (χ3v) is 5.85. The third-order valence-electron chi connectivity index (χ3n) is 5.85. The molecule has 0 bridgehead atoms. The van der Waals surface area contributed by atoms with Crippen molar-refractivity contribution in [2.45, 2.75) is 50.7 Å². The first-order valence-corrected chi connectivity index (χ1v) is 9.14. The van der Waals surface area contributed by atoms with Crippen molar-refractivity contribution in [3.8, 4) is 0 Å². The SMILES string of the molecule is Cl.Cl.O=C(C1Cc2ccccc2CN1)N1CCN(C2CCCC2)CC1. The zero-order chi connectivity index (χ0) is 15.6. The van der Waals surface area contributed by atoms with E-state index in [1.165, 1.54) is 36.8 Å². The topological polar surface area (TPSA) is 35.6 Å². The van der Waals surface area contributed by atoms with Crippen LogP contribution in [0.1, 0.15) is 36.8 Å². The van der Waals surface area contributed by atoms with Crippen molar-refractivity contribution in [3.05, 3.63) is 35.4 Å². The number of nitrogens with one attached hydrogen (secondary N) is 1. The zero-order valence-electron chi connectivity index (χ0n) is 14.7. The molecule has 2 heterocycles. The van der Waals surface area contributed by atoms with E-state index in [1.807, 2.05) is 0 Å². The summed E-state index contributed by atoms with van der Waals surface area (Å²) in [4.78, 5) is 17.5. The first kappa shape index (κ1) is 20.5. The molecule has 3 aliphatic rings. The van der Waals surface area contributed by atoms with Crippen LogP contribution in [0.5, 0.6) is 0 Å². The zero-order valence-corrected chi connectivity index (χ0v) is 16.3. The van der Waals surface area contributed by atoms with Crippen molar-refractivity contribution in [2.75, 3.05) is 26.2 Å². The molecule has 1 aromatic rings. The Bertz CT molecular complexity index is 570. The molecule has 1 unspecified atom stereocenters. The van der Waals surface area contributed by atoms with Crippen molar-refractivity contribution in [1.29, 1.82) is 0 Å². The van der Waals surface area contributed by atoms with Crippen molar-refractivity contribution in [1.82, 2.24) is 15.1 Å². The minimum absolute atomic E-state index is 0. The second kappa shape index (κ2) is 9.22. The number of hydrogen-bond acceptors (Lipinski definition) is 3. The Morgan fingerprint density at radius 1 is 0.960 bits per heavy atom. The van der Waals surface area contributed by atoms with Crippen LogP contribution in [-0.2, 0) is 17.8 Å². The molecular weight excluding hydrogens is 357 g/mol. The standard InChI is InChI=1S/C19H27N3O.2ClH/c23-19(18-13-15-5-1-2-6-16(15)14-20-18)22-11-9-21(10-12-22)17-7-3-4-8-17;;/h1-2,5-6,17-18,20H,3-4,7-14H2;2*1H. The van der Waals surface area contributed by atoms with E-state index < -0.39 is 0 Å². The summed E-state index contributed by atoms with van der Waals surface area (Å²) in [6.45, 7) is 4.72. The van der Waals surface area contributed by atoms with E-state index in [-0.39, 0.29) is 30.9 Å². The van der Waals surface area contributed by atoms with E-state index in [0.717, 1.165) is 45.2 Å². The highest BCUT2D eigenvalue weighted by molar-refractivity contribution is 5.85. The van der Waals surface area contributed by atoms with Gasteiger partial charge in [0.15, 0.2) is 0 Å². The number of benzene rings is 1. The third kappa shape index (κ3) is 4.48. The fourth-order valence-electron chi connectivity index (χ4n) is 4.43. The molecule has 140 valence electrons. The maximum absolute atomic E-state index is 12.8. The van der Waals surface area contributed by atoms with Crippen molar-refractivity contribution < 1.29 is 4.79 Å². The van der Waals surface area contributed by atoms with Gasteiger partial charge in [-0.2, -0.15) is 0 Å². The van der Waals surface area contributed by atoms with E-state index in [0.29, 0.717) is 5.91 Å². The lowest BCUT2D eigenvalue weighted by Gasteiger charge is -2.40. The molecule has 1 saturated heterocycles. The molecule has 1 atom stereocenters. The fraction of sp³-hybridized carbons (Fsp3) is 0.632. The molecule has 6 heteroatoms. The number of carbonyl (C=O) groups is 1. The maximum atomic E-state index is 12.8. The summed E-state index contributed by atoms with van der Waals surface area (Å²) in [5.41, 5.74) is 2.66. The highest BCUT2D eigenvalue weighted by atomic mass is 35.5. The van der Waals surface area contributed by atoms with Gasteiger partial charge in [0.2, 0.25) is 5.91 Å². The summed E-state index contributed by atoms with van der Waals surface area (Å²) < 4.78 is 0. The normalized spacial score (nSPS) is 24.2. The van der Waals surface area contributed by atoms with Gasteiger partial charge in [-0.15, -0.1) is 24.8 Å². The number of carbonyl (C=O) groups excluding carboxylic acids is 1. The van der Waals surface area contributed by atoms with Crippen LogP contribution in [-0.4, -0.2) is 54.0 Å². The molecule has 4 rings (SSSR count). The highest BCUT2D eigenvalue weighted by Crippen LogP contribution is 2.25. The number of fused-ring (bicyclic) bond motifs is 1. The molecule has 2 fully saturated rings. The molecule has 1 saturated carbocycles. The van der Waals surface area contributed by atoms with E-state index in [1.54, 1.807) is 0 Å². The Morgan fingerprint density at radius 3 is 2.28 bits per heavy atom. The van der Waals surface area contributed by atoms with E-state index in [9.17, 15) is 4.79 Å². The molecule has 25 heavy (non-hydrogen) atoms. The van der Waals surface area contributed by atoms with Gasteiger partial charge in [0.05, 0.1) is 6.04 Å². The summed E-state index contributed by atoms with van der Waals surface area (Å²) in [6.07, 6.45) is 6.31. The molecule has 0 aromatic heterocycles. The quantitative estimate of drug-likeness (QED) is 0.849. The molecule has 4 nitrogen and oxygen atoms in total. The van der Waals surface area contributed by atoms with Gasteiger partial charge in [-0.25, -0.2) is 0 Å². The minimum atomic E-state index is -0.0390. The van der Waals surface area contributed by atoms with E-state index >= 15 is 0 Å². The van der Waals surface area contributed by atoms with Gasteiger partial charge in [0.1, 0.15) is 0 Å². The van der Waals surface area contributed by atoms with Crippen LogP contribution >= 0.6 is 24.8 Å². The summed E-state index contributed by atoms with van der Waals surface area (Å²) in [5, 5.41) is 3.43. The lowest BCUT2D eigenvalue weighted by atomic mass is 9.95. The molecule has 0 radical (unpaired) electrons. The molecular formula is C19H29Cl2N3O. The van der Waals surface area contributed by atoms with Crippen LogP contribution in [0.3, 0.4) is 0 Å². The summed E-state index contributed by atoms with van der Waals surface area (Å²) >= 11 is 0. The molecule has 1 aromatic carbocycles. The molecule has 1 N–H and O–H groups in total. The second-order valence-corrected chi connectivity index (χ2v) is 7.21. The lowest BCUT2D eigenvalue weighted by Crippen LogP contribution is -2.56. The Hall–Kier alpha value is -0.810. The molecule has 0 spiro atoms. The van der Waals surface area contributed by atoms with E-state index in [4.69, 9.17) is 0 Å². The molecule has 1 amide bonds. The number of nitrogens with zero attached hydrogens (tertiary/aromatic N) is 2. The Kier molecular flexibility index (Phi) is 7.56. The Balaban J connectivity index is 0.00000113. The number of halogens is 2. The van der Waals surface area contributed by atoms with Gasteiger partial charge in [-0.1, -0.05) is 37.1 Å². The Morgan fingerprint density at radius 2 is 1.60 bits per heavy atom. The van der Waals surface area contributed by atoms with Crippen LogP contribution in [0.4, 0.5) is 0 Å². The minimum Gasteiger partial charge on any atom is -0.339 e. The lowest BCUT2D eigenvalue weighted by molar-refractivity contribution is -0.135.